The van der Waals surface area contributed by atoms with Gasteiger partial charge < -0.3 is 5.32 Å². The van der Waals surface area contributed by atoms with Crippen LogP contribution in [0.25, 0.3) is 0 Å². The molecule has 1 fully saturated rings. The van der Waals surface area contributed by atoms with Crippen molar-refractivity contribution in [1.82, 2.24) is 20.1 Å². The average molecular weight is 358 g/mol. The van der Waals surface area contributed by atoms with E-state index in [0.29, 0.717) is 0 Å². The fourth-order valence-electron chi connectivity index (χ4n) is 3.00. The first kappa shape index (κ1) is 16.9. The Morgan fingerprint density at radius 3 is 2.67 bits per heavy atom. The Bertz CT molecular complexity index is 731. The zero-order valence-corrected chi connectivity index (χ0v) is 13.9. The molecule has 2 aromatic heterocycles. The van der Waals surface area contributed by atoms with E-state index in [4.69, 9.17) is 0 Å². The number of hydrogen-bond acceptors (Lipinski definition) is 4. The van der Waals surface area contributed by atoms with Crippen LogP contribution in [0.3, 0.4) is 0 Å². The Hall–Kier alpha value is -1.90. The summed E-state index contributed by atoms with van der Waals surface area (Å²) in [5, 5.41) is 9.20. The lowest BCUT2D eigenvalue weighted by atomic mass is 9.98. The van der Waals surface area contributed by atoms with E-state index in [2.05, 4.69) is 15.4 Å². The van der Waals surface area contributed by atoms with Gasteiger partial charge in [0.2, 0.25) is 5.91 Å². The van der Waals surface area contributed by atoms with Crippen LogP contribution in [0.2, 0.25) is 0 Å². The monoisotopic (exact) mass is 358 g/mol. The van der Waals surface area contributed by atoms with Crippen molar-refractivity contribution in [2.75, 3.05) is 0 Å². The van der Waals surface area contributed by atoms with Crippen molar-refractivity contribution >= 4 is 17.2 Å². The molecular formula is C15H17F3N4OS. The summed E-state index contributed by atoms with van der Waals surface area (Å²) >= 11 is 1.50. The molecule has 0 saturated heterocycles. The molecule has 130 valence electrons. The normalized spacial score (nSPS) is 17.2. The van der Waals surface area contributed by atoms with E-state index < -0.39 is 17.4 Å². The highest BCUT2D eigenvalue weighted by Gasteiger charge is 2.39. The molecule has 2 heterocycles. The molecule has 1 N–H and O–H groups in total. The van der Waals surface area contributed by atoms with Crippen LogP contribution < -0.4 is 5.32 Å². The second-order valence-corrected chi connectivity index (χ2v) is 6.89. The second kappa shape index (κ2) is 6.19. The first-order valence-corrected chi connectivity index (χ1v) is 8.51. The van der Waals surface area contributed by atoms with Gasteiger partial charge in [-0.15, -0.1) is 11.3 Å². The smallest absolute Gasteiger partial charge is 0.343 e. The summed E-state index contributed by atoms with van der Waals surface area (Å²) in [6, 6.07) is 0.864. The van der Waals surface area contributed by atoms with Gasteiger partial charge in [-0.05, 0) is 25.8 Å². The van der Waals surface area contributed by atoms with Gasteiger partial charge in [0.25, 0.3) is 0 Å². The van der Waals surface area contributed by atoms with Crippen molar-refractivity contribution in [2.24, 2.45) is 0 Å². The Morgan fingerprint density at radius 1 is 1.42 bits per heavy atom. The lowest BCUT2D eigenvalue weighted by molar-refractivity contribution is -0.141. The number of aromatic nitrogens is 3. The van der Waals surface area contributed by atoms with Crippen molar-refractivity contribution in [3.63, 3.8) is 0 Å². The Morgan fingerprint density at radius 2 is 2.12 bits per heavy atom. The summed E-state index contributed by atoms with van der Waals surface area (Å²) in [6.45, 7) is 1.65. The lowest BCUT2D eigenvalue weighted by Crippen LogP contribution is -2.45. The first-order valence-electron chi connectivity index (χ1n) is 7.63. The SMILES string of the molecule is Cc1csc(C2(NC(=O)Cn3ccc(C(F)(F)F)n3)CCCC2)n1. The lowest BCUT2D eigenvalue weighted by Gasteiger charge is -2.28. The molecule has 0 spiro atoms. The van der Waals surface area contributed by atoms with Crippen LogP contribution in [-0.2, 0) is 23.1 Å². The largest absolute Gasteiger partial charge is 0.435 e. The van der Waals surface area contributed by atoms with Gasteiger partial charge in [0, 0.05) is 17.3 Å². The number of halogens is 3. The highest BCUT2D eigenvalue weighted by atomic mass is 32.1. The maximum atomic E-state index is 12.6. The topological polar surface area (TPSA) is 59.8 Å². The summed E-state index contributed by atoms with van der Waals surface area (Å²) in [5.41, 5.74) is -0.602. The molecule has 0 aliphatic heterocycles. The predicted molar refractivity (Wildman–Crippen MR) is 82.4 cm³/mol. The van der Waals surface area contributed by atoms with Gasteiger partial charge in [-0.3, -0.25) is 9.48 Å². The van der Waals surface area contributed by atoms with Crippen molar-refractivity contribution in [3.05, 3.63) is 34.0 Å². The van der Waals surface area contributed by atoms with Crippen molar-refractivity contribution in [2.45, 2.75) is 50.9 Å². The van der Waals surface area contributed by atoms with Crippen molar-refractivity contribution in [1.29, 1.82) is 0 Å². The Labute approximate surface area is 140 Å². The van der Waals surface area contributed by atoms with Gasteiger partial charge in [0.1, 0.15) is 11.6 Å². The number of nitrogens with zero attached hydrogens (tertiary/aromatic N) is 3. The number of thiazole rings is 1. The van der Waals surface area contributed by atoms with E-state index in [-0.39, 0.29) is 12.5 Å². The van der Waals surface area contributed by atoms with Gasteiger partial charge in [-0.1, -0.05) is 12.8 Å². The summed E-state index contributed by atoms with van der Waals surface area (Å²) in [4.78, 5) is 16.8. The third kappa shape index (κ3) is 3.45. The van der Waals surface area contributed by atoms with Crippen LogP contribution in [0.15, 0.2) is 17.6 Å². The Balaban J connectivity index is 1.72. The third-order valence-corrected chi connectivity index (χ3v) is 5.27. The summed E-state index contributed by atoms with van der Waals surface area (Å²) < 4.78 is 38.7. The van der Waals surface area contributed by atoms with Gasteiger partial charge in [-0.25, -0.2) is 4.98 Å². The highest BCUT2D eigenvalue weighted by Crippen LogP contribution is 2.40. The predicted octanol–water partition coefficient (Wildman–Crippen LogP) is 3.25. The van der Waals surface area contributed by atoms with Gasteiger partial charge in [0.05, 0.1) is 5.54 Å². The number of amides is 1. The fraction of sp³-hybridized carbons (Fsp3) is 0.533. The van der Waals surface area contributed by atoms with E-state index in [0.717, 1.165) is 53.3 Å². The first-order chi connectivity index (χ1) is 11.3. The molecule has 0 aromatic carbocycles. The van der Waals surface area contributed by atoms with Crippen molar-refractivity contribution in [3.8, 4) is 0 Å². The number of hydrogen-bond donors (Lipinski definition) is 1. The molecule has 0 unspecified atom stereocenters. The number of aryl methyl sites for hydroxylation is 1. The molecule has 1 amide bonds. The molecule has 1 aliphatic carbocycles. The fourth-order valence-corrected chi connectivity index (χ4v) is 4.01. The number of carbonyl (C=O) groups excluding carboxylic acids is 1. The molecule has 0 bridgehead atoms. The molecule has 3 rings (SSSR count). The minimum absolute atomic E-state index is 0.248. The molecule has 1 aliphatic rings. The van der Waals surface area contributed by atoms with E-state index in [1.165, 1.54) is 11.3 Å². The molecule has 1 saturated carbocycles. The minimum atomic E-state index is -4.51. The van der Waals surface area contributed by atoms with Crippen LogP contribution in [0.1, 0.15) is 42.1 Å². The molecule has 2 aromatic rings. The van der Waals surface area contributed by atoms with Gasteiger partial charge >= 0.3 is 6.18 Å². The Kier molecular flexibility index (Phi) is 4.37. The van der Waals surface area contributed by atoms with Crippen LogP contribution in [-0.4, -0.2) is 20.7 Å². The van der Waals surface area contributed by atoms with E-state index in [9.17, 15) is 18.0 Å². The van der Waals surface area contributed by atoms with Crippen LogP contribution >= 0.6 is 11.3 Å². The molecule has 5 nitrogen and oxygen atoms in total. The standard InChI is InChI=1S/C15H17F3N4OS/c1-10-9-24-13(19-10)14(5-2-3-6-14)20-12(23)8-22-7-4-11(21-22)15(16,17)18/h4,7,9H,2-3,5-6,8H2,1H3,(H,20,23). The number of alkyl halides is 3. The zero-order chi connectivity index (χ0) is 17.4. The number of rotatable bonds is 4. The zero-order valence-electron chi connectivity index (χ0n) is 13.1. The summed E-state index contributed by atoms with van der Waals surface area (Å²) in [5.74, 6) is -0.360. The van der Waals surface area contributed by atoms with E-state index in [1.54, 1.807) is 0 Å². The summed E-state index contributed by atoms with van der Waals surface area (Å²) in [6.07, 6.45) is 0.207. The van der Waals surface area contributed by atoms with E-state index in [1.807, 2.05) is 12.3 Å². The number of carbonyl (C=O) groups is 1. The molecule has 9 heteroatoms. The quantitative estimate of drug-likeness (QED) is 0.913. The molecule has 0 atom stereocenters. The number of nitrogens with one attached hydrogen (secondary N) is 1. The van der Waals surface area contributed by atoms with Gasteiger partial charge in [-0.2, -0.15) is 18.3 Å². The maximum Gasteiger partial charge on any atom is 0.435 e. The molecular weight excluding hydrogens is 341 g/mol. The van der Waals surface area contributed by atoms with Crippen molar-refractivity contribution < 1.29 is 18.0 Å². The van der Waals surface area contributed by atoms with Gasteiger partial charge in [0.15, 0.2) is 5.69 Å². The minimum Gasteiger partial charge on any atom is -0.343 e. The van der Waals surface area contributed by atoms with E-state index >= 15 is 0 Å². The van der Waals surface area contributed by atoms with Crippen LogP contribution in [0.4, 0.5) is 13.2 Å². The second-order valence-electron chi connectivity index (χ2n) is 6.03. The molecule has 24 heavy (non-hydrogen) atoms. The maximum absolute atomic E-state index is 12.6. The molecule has 0 radical (unpaired) electrons. The average Bonchev–Trinajstić information content (AvgIpc) is 3.18. The van der Waals surface area contributed by atoms with Crippen LogP contribution in [0.5, 0.6) is 0 Å². The highest BCUT2D eigenvalue weighted by molar-refractivity contribution is 7.09. The van der Waals surface area contributed by atoms with Crippen LogP contribution in [0, 0.1) is 6.92 Å². The summed E-state index contributed by atoms with van der Waals surface area (Å²) in [7, 11) is 0. The third-order valence-electron chi connectivity index (χ3n) is 4.10.